The van der Waals surface area contributed by atoms with Gasteiger partial charge in [0.15, 0.2) is 0 Å². The van der Waals surface area contributed by atoms with E-state index < -0.39 is 0 Å². The largest absolute Gasteiger partial charge is 0.507 e. The molecular formula is C16H18N2O2. The van der Waals surface area contributed by atoms with E-state index in [9.17, 15) is 5.11 Å². The number of hydrogen-bond donors (Lipinski definition) is 2. The van der Waals surface area contributed by atoms with E-state index in [-0.39, 0.29) is 5.75 Å². The van der Waals surface area contributed by atoms with Crippen molar-refractivity contribution in [3.05, 3.63) is 53.6 Å². The van der Waals surface area contributed by atoms with Crippen molar-refractivity contribution in [2.75, 3.05) is 12.5 Å². The molecule has 0 bridgehead atoms. The van der Waals surface area contributed by atoms with Crippen LogP contribution in [0.4, 0.5) is 5.69 Å². The minimum atomic E-state index is 0.149. The van der Waals surface area contributed by atoms with E-state index in [1.54, 1.807) is 25.3 Å². The predicted molar refractivity (Wildman–Crippen MR) is 81.7 cm³/mol. The van der Waals surface area contributed by atoms with Crippen LogP contribution in [0.1, 0.15) is 18.1 Å². The van der Waals surface area contributed by atoms with Crippen molar-refractivity contribution < 1.29 is 9.84 Å². The first kappa shape index (κ1) is 13.9. The van der Waals surface area contributed by atoms with Crippen molar-refractivity contribution in [1.82, 2.24) is 0 Å². The molecule has 2 aromatic carbocycles. The van der Waals surface area contributed by atoms with Gasteiger partial charge in [-0.15, -0.1) is 0 Å². The molecular weight excluding hydrogens is 252 g/mol. The predicted octanol–water partition coefficient (Wildman–Crippen LogP) is 3.55. The van der Waals surface area contributed by atoms with Crippen LogP contribution in [0.2, 0.25) is 0 Å². The Kier molecular flexibility index (Phi) is 4.25. The summed E-state index contributed by atoms with van der Waals surface area (Å²) in [5.41, 5.74) is 6.45. The van der Waals surface area contributed by atoms with Gasteiger partial charge >= 0.3 is 0 Å². The van der Waals surface area contributed by atoms with Gasteiger partial charge in [0.05, 0.1) is 18.5 Å². The zero-order valence-electron chi connectivity index (χ0n) is 11.8. The molecule has 20 heavy (non-hydrogen) atoms. The van der Waals surface area contributed by atoms with Crippen LogP contribution in [0, 0.1) is 6.92 Å². The summed E-state index contributed by atoms with van der Waals surface area (Å²) in [4.78, 5) is 0. The number of hydrazone groups is 1. The summed E-state index contributed by atoms with van der Waals surface area (Å²) in [6, 6.07) is 13.1. The van der Waals surface area contributed by atoms with E-state index in [2.05, 4.69) is 10.5 Å². The van der Waals surface area contributed by atoms with Crippen LogP contribution < -0.4 is 10.2 Å². The molecule has 4 heteroatoms. The fourth-order valence-electron chi connectivity index (χ4n) is 1.78. The third-order valence-electron chi connectivity index (χ3n) is 3.00. The summed E-state index contributed by atoms with van der Waals surface area (Å²) in [6.07, 6.45) is 0. The van der Waals surface area contributed by atoms with Crippen molar-refractivity contribution in [2.45, 2.75) is 13.8 Å². The van der Waals surface area contributed by atoms with Crippen LogP contribution >= 0.6 is 0 Å². The summed E-state index contributed by atoms with van der Waals surface area (Å²) in [5.74, 6) is 0.766. The van der Waals surface area contributed by atoms with Crippen LogP contribution in [0.25, 0.3) is 0 Å². The minimum absolute atomic E-state index is 0.149. The number of nitrogens with zero attached hydrogens (tertiary/aromatic N) is 1. The van der Waals surface area contributed by atoms with Crippen LogP contribution in [-0.4, -0.2) is 17.9 Å². The van der Waals surface area contributed by atoms with Gasteiger partial charge in [0.1, 0.15) is 11.5 Å². The zero-order valence-corrected chi connectivity index (χ0v) is 11.8. The molecule has 0 unspecified atom stereocenters. The van der Waals surface area contributed by atoms with E-state index >= 15 is 0 Å². The monoisotopic (exact) mass is 270 g/mol. The molecule has 0 amide bonds. The summed E-state index contributed by atoms with van der Waals surface area (Å²) < 4.78 is 5.05. The van der Waals surface area contributed by atoms with Crippen LogP contribution in [0.5, 0.6) is 11.5 Å². The van der Waals surface area contributed by atoms with E-state index in [0.717, 1.165) is 5.69 Å². The smallest absolute Gasteiger partial charge is 0.128 e. The molecule has 0 saturated heterocycles. The van der Waals surface area contributed by atoms with Gasteiger partial charge in [-0.3, -0.25) is 5.43 Å². The maximum Gasteiger partial charge on any atom is 0.128 e. The number of rotatable bonds is 4. The molecule has 0 aliphatic carbocycles. The Morgan fingerprint density at radius 3 is 2.45 bits per heavy atom. The first-order valence-electron chi connectivity index (χ1n) is 6.34. The van der Waals surface area contributed by atoms with Gasteiger partial charge in [-0.25, -0.2) is 0 Å². The molecule has 2 rings (SSSR count). The van der Waals surface area contributed by atoms with Crippen LogP contribution in [-0.2, 0) is 0 Å². The average molecular weight is 270 g/mol. The molecule has 0 aliphatic rings. The number of benzene rings is 2. The van der Waals surface area contributed by atoms with E-state index in [1.165, 1.54) is 5.56 Å². The highest BCUT2D eigenvalue weighted by atomic mass is 16.5. The zero-order chi connectivity index (χ0) is 14.5. The molecule has 0 aliphatic heterocycles. The van der Waals surface area contributed by atoms with Gasteiger partial charge in [-0.2, -0.15) is 5.10 Å². The van der Waals surface area contributed by atoms with E-state index in [0.29, 0.717) is 17.0 Å². The lowest BCUT2D eigenvalue weighted by Crippen LogP contribution is -2.00. The first-order valence-corrected chi connectivity index (χ1v) is 6.34. The third kappa shape index (κ3) is 3.29. The number of anilines is 1. The Hall–Kier alpha value is -2.49. The number of nitrogens with one attached hydrogen (secondary N) is 1. The fourth-order valence-corrected chi connectivity index (χ4v) is 1.78. The lowest BCUT2D eigenvalue weighted by atomic mass is 10.1. The second kappa shape index (κ2) is 6.10. The summed E-state index contributed by atoms with van der Waals surface area (Å²) in [5, 5.41) is 14.2. The maximum absolute atomic E-state index is 9.94. The lowest BCUT2D eigenvalue weighted by molar-refractivity contribution is 0.407. The molecule has 0 radical (unpaired) electrons. The molecule has 0 saturated carbocycles. The molecule has 104 valence electrons. The highest BCUT2D eigenvalue weighted by Gasteiger charge is 2.06. The molecule has 4 nitrogen and oxygen atoms in total. The highest BCUT2D eigenvalue weighted by Crippen LogP contribution is 2.24. The topological polar surface area (TPSA) is 53.8 Å². The number of phenols is 1. The Bertz CT molecular complexity index is 619. The van der Waals surface area contributed by atoms with Crippen molar-refractivity contribution in [3.8, 4) is 11.5 Å². The van der Waals surface area contributed by atoms with Gasteiger partial charge in [-0.05, 0) is 38.1 Å². The van der Waals surface area contributed by atoms with Gasteiger partial charge in [0, 0.05) is 11.6 Å². The quantitative estimate of drug-likeness (QED) is 0.660. The van der Waals surface area contributed by atoms with Crippen LogP contribution in [0.15, 0.2) is 47.6 Å². The first-order chi connectivity index (χ1) is 9.60. The Morgan fingerprint density at radius 2 is 1.85 bits per heavy atom. The fraction of sp³-hybridized carbons (Fsp3) is 0.188. The summed E-state index contributed by atoms with van der Waals surface area (Å²) in [6.45, 7) is 3.87. The summed E-state index contributed by atoms with van der Waals surface area (Å²) in [7, 11) is 1.56. The molecule has 2 aromatic rings. The number of aryl methyl sites for hydroxylation is 1. The Morgan fingerprint density at radius 1 is 1.15 bits per heavy atom. The van der Waals surface area contributed by atoms with Gasteiger partial charge in [-0.1, -0.05) is 17.7 Å². The lowest BCUT2D eigenvalue weighted by Gasteiger charge is -2.07. The molecule has 0 heterocycles. The van der Waals surface area contributed by atoms with E-state index in [4.69, 9.17) is 4.74 Å². The highest BCUT2D eigenvalue weighted by molar-refractivity contribution is 6.01. The standard InChI is InChI=1S/C16H18N2O2/c1-11-4-6-13(7-5-11)18-17-12(2)15-9-8-14(20-3)10-16(15)19/h4-10,18-19H,1-3H3. The average Bonchev–Trinajstić information content (AvgIpc) is 2.46. The molecule has 2 N–H and O–H groups in total. The number of ether oxygens (including phenoxy) is 1. The van der Waals surface area contributed by atoms with Crippen molar-refractivity contribution in [3.63, 3.8) is 0 Å². The second-order valence-electron chi connectivity index (χ2n) is 4.56. The number of hydrogen-bond acceptors (Lipinski definition) is 4. The number of aromatic hydroxyl groups is 1. The molecule has 0 aromatic heterocycles. The molecule has 0 fully saturated rings. The van der Waals surface area contributed by atoms with Crippen molar-refractivity contribution in [2.24, 2.45) is 5.10 Å². The maximum atomic E-state index is 9.94. The van der Waals surface area contributed by atoms with E-state index in [1.807, 2.05) is 38.1 Å². The SMILES string of the molecule is COc1ccc(C(C)=NNc2ccc(C)cc2)c(O)c1. The number of methoxy groups -OCH3 is 1. The van der Waals surface area contributed by atoms with Crippen molar-refractivity contribution >= 4 is 11.4 Å². The Balaban J connectivity index is 2.16. The van der Waals surface area contributed by atoms with Gasteiger partial charge in [0.2, 0.25) is 0 Å². The van der Waals surface area contributed by atoms with Crippen molar-refractivity contribution in [1.29, 1.82) is 0 Å². The van der Waals surface area contributed by atoms with Gasteiger partial charge in [0.25, 0.3) is 0 Å². The normalized spacial score (nSPS) is 11.2. The van der Waals surface area contributed by atoms with Gasteiger partial charge < -0.3 is 9.84 Å². The third-order valence-corrected chi connectivity index (χ3v) is 3.00. The molecule has 0 atom stereocenters. The number of phenolic OH excluding ortho intramolecular Hbond substituents is 1. The second-order valence-corrected chi connectivity index (χ2v) is 4.56. The minimum Gasteiger partial charge on any atom is -0.507 e. The van der Waals surface area contributed by atoms with Crippen LogP contribution in [0.3, 0.4) is 0 Å². The Labute approximate surface area is 118 Å². The molecule has 0 spiro atoms. The summed E-state index contributed by atoms with van der Waals surface area (Å²) >= 11 is 0.